The van der Waals surface area contributed by atoms with E-state index in [1.165, 1.54) is 4.31 Å². The second kappa shape index (κ2) is 13.2. The molecule has 0 amide bonds. The minimum atomic E-state index is -3.83. The lowest BCUT2D eigenvalue weighted by Gasteiger charge is -2.40. The first-order valence-corrected chi connectivity index (χ1v) is 14.8. The maximum Gasteiger partial charge on any atom is 0.309 e. The number of piperidine rings is 1. The summed E-state index contributed by atoms with van der Waals surface area (Å²) < 4.78 is 40.3. The van der Waals surface area contributed by atoms with E-state index in [2.05, 4.69) is 11.1 Å². The molecule has 0 saturated carbocycles. The predicted molar refractivity (Wildman–Crippen MR) is 146 cm³/mol. The van der Waals surface area contributed by atoms with Crippen molar-refractivity contribution in [2.45, 2.75) is 89.9 Å². The summed E-state index contributed by atoms with van der Waals surface area (Å²) in [5, 5.41) is 9.69. The molecule has 2 heterocycles. The third-order valence-corrected chi connectivity index (χ3v) is 9.08. The van der Waals surface area contributed by atoms with Gasteiger partial charge in [-0.2, -0.15) is 4.31 Å². The number of rotatable bonds is 13. The lowest BCUT2D eigenvalue weighted by molar-refractivity contribution is -0.148. The van der Waals surface area contributed by atoms with Gasteiger partial charge in [-0.1, -0.05) is 17.7 Å². The number of carboxylic acid groups (broad SMARTS) is 1. The highest BCUT2D eigenvalue weighted by molar-refractivity contribution is 7.89. The van der Waals surface area contributed by atoms with Gasteiger partial charge in [0.1, 0.15) is 0 Å². The van der Waals surface area contributed by atoms with Crippen molar-refractivity contribution in [1.29, 1.82) is 0 Å². The third-order valence-electron chi connectivity index (χ3n) is 7.15. The van der Waals surface area contributed by atoms with Gasteiger partial charge in [-0.15, -0.1) is 0 Å². The summed E-state index contributed by atoms with van der Waals surface area (Å²) in [6, 6.07) is 10.4. The SMILES string of the molecule is COCCCCc1cc(CO[C@@H]2CC[C@@H](CC(C)(C)C(=O)O)N(S(=O)(=O)c3ccc(C)cc3)C2)cc(C)n1. The van der Waals surface area contributed by atoms with Crippen LogP contribution in [-0.4, -0.2) is 61.2 Å². The molecule has 0 spiro atoms. The first kappa shape index (κ1) is 30.2. The van der Waals surface area contributed by atoms with E-state index in [-0.39, 0.29) is 24.0 Å². The van der Waals surface area contributed by atoms with E-state index in [0.717, 1.165) is 48.4 Å². The van der Waals surface area contributed by atoms with E-state index in [4.69, 9.17) is 9.47 Å². The summed E-state index contributed by atoms with van der Waals surface area (Å²) in [6.07, 6.45) is 3.97. The first-order chi connectivity index (χ1) is 17.9. The molecule has 3 rings (SSSR count). The summed E-state index contributed by atoms with van der Waals surface area (Å²) in [7, 11) is -2.13. The number of benzene rings is 1. The van der Waals surface area contributed by atoms with Gasteiger partial charge in [0.25, 0.3) is 0 Å². The van der Waals surface area contributed by atoms with Crippen LogP contribution in [-0.2, 0) is 37.3 Å². The molecule has 1 N–H and O–H groups in total. The summed E-state index contributed by atoms with van der Waals surface area (Å²) in [5.41, 5.74) is 2.88. The fraction of sp³-hybridized carbons (Fsp3) is 0.586. The second-order valence-corrected chi connectivity index (χ2v) is 12.9. The van der Waals surface area contributed by atoms with Gasteiger partial charge in [-0.05, 0) is 96.0 Å². The zero-order valence-electron chi connectivity index (χ0n) is 23.3. The Morgan fingerprint density at radius 1 is 1.13 bits per heavy atom. The van der Waals surface area contributed by atoms with E-state index in [1.807, 2.05) is 19.9 Å². The van der Waals surface area contributed by atoms with Crippen molar-refractivity contribution in [3.63, 3.8) is 0 Å². The van der Waals surface area contributed by atoms with Crippen LogP contribution in [0.25, 0.3) is 0 Å². The molecule has 1 aliphatic rings. The molecule has 2 atom stereocenters. The van der Waals surface area contributed by atoms with Gasteiger partial charge in [0, 0.05) is 37.7 Å². The number of unbranched alkanes of at least 4 members (excludes halogenated alkanes) is 1. The minimum absolute atomic E-state index is 0.185. The van der Waals surface area contributed by atoms with Crippen molar-refractivity contribution in [2.75, 3.05) is 20.3 Å². The average molecular weight is 547 g/mol. The molecule has 38 heavy (non-hydrogen) atoms. The number of aromatic nitrogens is 1. The van der Waals surface area contributed by atoms with Crippen molar-refractivity contribution < 1.29 is 27.8 Å². The molecule has 8 nitrogen and oxygen atoms in total. The van der Waals surface area contributed by atoms with Crippen molar-refractivity contribution in [3.05, 3.63) is 58.9 Å². The monoisotopic (exact) mass is 546 g/mol. The molecule has 1 aromatic carbocycles. The van der Waals surface area contributed by atoms with Crippen LogP contribution in [0.5, 0.6) is 0 Å². The Labute approximate surface area is 227 Å². The standard InChI is InChI=1S/C29H42N2O6S/c1-21-9-13-27(14-10-21)38(34,35)31-19-26(12-11-25(31)18-29(3,4)28(32)33)37-20-23-16-22(2)30-24(17-23)8-6-7-15-36-5/h9-10,13-14,16-17,25-26H,6-8,11-12,15,18-20H2,1-5H3,(H,32,33)/t25-,26+/m0/s1. The summed E-state index contributed by atoms with van der Waals surface area (Å²) in [6.45, 7) is 8.45. The van der Waals surface area contributed by atoms with Crippen LogP contribution in [0.2, 0.25) is 0 Å². The van der Waals surface area contributed by atoms with Crippen LogP contribution in [0.3, 0.4) is 0 Å². The van der Waals surface area contributed by atoms with E-state index in [0.29, 0.717) is 19.4 Å². The van der Waals surface area contributed by atoms with Crippen molar-refractivity contribution >= 4 is 16.0 Å². The van der Waals surface area contributed by atoms with Gasteiger partial charge in [-0.25, -0.2) is 8.42 Å². The van der Waals surface area contributed by atoms with Gasteiger partial charge in [0.05, 0.1) is 23.0 Å². The Bertz CT molecular complexity index is 1180. The third kappa shape index (κ3) is 8.09. The quantitative estimate of drug-likeness (QED) is 0.356. The van der Waals surface area contributed by atoms with Gasteiger partial charge in [-0.3, -0.25) is 9.78 Å². The van der Waals surface area contributed by atoms with Gasteiger partial charge in [0.2, 0.25) is 10.0 Å². The van der Waals surface area contributed by atoms with Gasteiger partial charge < -0.3 is 14.6 Å². The zero-order chi connectivity index (χ0) is 27.9. The number of pyridine rings is 1. The minimum Gasteiger partial charge on any atom is -0.481 e. The lowest BCUT2D eigenvalue weighted by atomic mass is 9.83. The molecule has 1 aliphatic heterocycles. The molecule has 0 radical (unpaired) electrons. The fourth-order valence-corrected chi connectivity index (χ4v) is 6.60. The molecule has 1 aromatic heterocycles. The number of aryl methyl sites for hydroxylation is 3. The molecule has 2 aromatic rings. The highest BCUT2D eigenvalue weighted by Crippen LogP contribution is 2.34. The topological polar surface area (TPSA) is 106 Å². The normalized spacial score (nSPS) is 19.0. The van der Waals surface area contributed by atoms with Gasteiger partial charge in [0.15, 0.2) is 0 Å². The largest absolute Gasteiger partial charge is 0.481 e. The van der Waals surface area contributed by atoms with E-state index in [9.17, 15) is 18.3 Å². The number of carbonyl (C=O) groups is 1. The number of carboxylic acids is 1. The lowest BCUT2D eigenvalue weighted by Crippen LogP contribution is -2.51. The summed E-state index contributed by atoms with van der Waals surface area (Å²) >= 11 is 0. The Hall–Kier alpha value is -2.33. The number of hydrogen-bond donors (Lipinski definition) is 1. The molecule has 1 fully saturated rings. The highest BCUT2D eigenvalue weighted by atomic mass is 32.2. The smallest absolute Gasteiger partial charge is 0.309 e. The van der Waals surface area contributed by atoms with Gasteiger partial charge >= 0.3 is 5.97 Å². The van der Waals surface area contributed by atoms with Crippen LogP contribution < -0.4 is 0 Å². The number of ether oxygens (including phenoxy) is 2. The summed E-state index contributed by atoms with van der Waals surface area (Å²) in [4.78, 5) is 16.7. The fourth-order valence-electron chi connectivity index (χ4n) is 4.91. The Morgan fingerprint density at radius 2 is 1.84 bits per heavy atom. The highest BCUT2D eigenvalue weighted by Gasteiger charge is 2.41. The van der Waals surface area contributed by atoms with Crippen LogP contribution in [0, 0.1) is 19.3 Å². The number of methoxy groups -OCH3 is 1. The Kier molecular flexibility index (Phi) is 10.5. The van der Waals surface area contributed by atoms with Crippen LogP contribution in [0.15, 0.2) is 41.3 Å². The molecular weight excluding hydrogens is 504 g/mol. The number of hydrogen-bond acceptors (Lipinski definition) is 6. The van der Waals surface area contributed by atoms with Crippen molar-refractivity contribution in [3.8, 4) is 0 Å². The van der Waals surface area contributed by atoms with E-state index in [1.54, 1.807) is 45.2 Å². The molecule has 0 bridgehead atoms. The van der Waals surface area contributed by atoms with E-state index >= 15 is 0 Å². The van der Waals surface area contributed by atoms with Crippen molar-refractivity contribution in [2.24, 2.45) is 5.41 Å². The number of sulfonamides is 1. The van der Waals surface area contributed by atoms with E-state index < -0.39 is 27.4 Å². The van der Waals surface area contributed by atoms with Crippen LogP contribution in [0.4, 0.5) is 0 Å². The maximum absolute atomic E-state index is 13.7. The molecular formula is C29H42N2O6S. The molecule has 9 heteroatoms. The predicted octanol–water partition coefficient (Wildman–Crippen LogP) is 4.91. The molecule has 210 valence electrons. The Balaban J connectivity index is 1.75. The zero-order valence-corrected chi connectivity index (χ0v) is 24.1. The Morgan fingerprint density at radius 3 is 2.50 bits per heavy atom. The number of aliphatic carboxylic acids is 1. The van der Waals surface area contributed by atoms with Crippen LogP contribution in [0.1, 0.15) is 68.5 Å². The number of nitrogens with zero attached hydrogens (tertiary/aromatic N) is 2. The first-order valence-electron chi connectivity index (χ1n) is 13.3. The second-order valence-electron chi connectivity index (χ2n) is 11.0. The molecule has 0 unspecified atom stereocenters. The maximum atomic E-state index is 13.7. The van der Waals surface area contributed by atoms with Crippen molar-refractivity contribution in [1.82, 2.24) is 9.29 Å². The average Bonchev–Trinajstić information content (AvgIpc) is 2.85. The van der Waals surface area contributed by atoms with Crippen LogP contribution >= 0.6 is 0 Å². The summed E-state index contributed by atoms with van der Waals surface area (Å²) in [5.74, 6) is -0.936. The molecule has 1 saturated heterocycles. The molecule has 0 aliphatic carbocycles.